The molecule has 1 heterocycles. The maximum Gasteiger partial charge on any atom is 0.269 e. The minimum absolute atomic E-state index is 0.231. The van der Waals surface area contributed by atoms with Crippen molar-refractivity contribution in [3.63, 3.8) is 0 Å². The molecule has 0 fully saturated rings. The van der Waals surface area contributed by atoms with Crippen LogP contribution in [0.1, 0.15) is 10.5 Å². The van der Waals surface area contributed by atoms with Crippen molar-refractivity contribution in [3.8, 4) is 0 Å². The summed E-state index contributed by atoms with van der Waals surface area (Å²) in [4.78, 5) is 14.0. The Morgan fingerprint density at radius 3 is 2.73 bits per heavy atom. The van der Waals surface area contributed by atoms with Gasteiger partial charge in [0.05, 0.1) is 5.69 Å². The van der Waals surface area contributed by atoms with E-state index in [2.05, 4.69) is 4.98 Å². The van der Waals surface area contributed by atoms with Crippen LogP contribution in [-0.4, -0.2) is 10.9 Å². The maximum absolute atomic E-state index is 12.6. The maximum atomic E-state index is 12.6. The number of halogens is 1. The Morgan fingerprint density at radius 2 is 2.27 bits per heavy atom. The minimum Gasteiger partial charge on any atom is -0.394 e. The van der Waals surface area contributed by atoms with Gasteiger partial charge in [0.15, 0.2) is 5.69 Å². The molecule has 0 spiro atoms. The second-order valence-corrected chi connectivity index (χ2v) is 1.92. The van der Waals surface area contributed by atoms with E-state index in [1.54, 1.807) is 0 Å². The van der Waals surface area contributed by atoms with E-state index in [-0.39, 0.29) is 11.4 Å². The second kappa shape index (κ2) is 2.53. The number of hydrogen-bond donors (Lipinski definition) is 2. The monoisotopic (exact) mass is 155 g/mol. The fourth-order valence-corrected chi connectivity index (χ4v) is 0.646. The highest BCUT2D eigenvalue weighted by Crippen LogP contribution is 2.11. The van der Waals surface area contributed by atoms with Crippen molar-refractivity contribution in [1.29, 1.82) is 0 Å². The van der Waals surface area contributed by atoms with Crippen LogP contribution in [0.15, 0.2) is 12.3 Å². The summed E-state index contributed by atoms with van der Waals surface area (Å²) in [6.07, 6.45) is 1.13. The number of hydrogen-bond acceptors (Lipinski definition) is 3. The molecule has 58 valence electrons. The highest BCUT2D eigenvalue weighted by Gasteiger charge is 2.09. The normalized spacial score (nSPS) is 9.55. The number of carbonyl (C=O) groups is 1. The van der Waals surface area contributed by atoms with Crippen molar-refractivity contribution in [1.82, 2.24) is 4.98 Å². The van der Waals surface area contributed by atoms with E-state index < -0.39 is 11.7 Å². The predicted molar refractivity (Wildman–Crippen MR) is 37.1 cm³/mol. The van der Waals surface area contributed by atoms with E-state index in [9.17, 15) is 9.18 Å². The number of nitrogens with zero attached hydrogens (tertiary/aromatic N) is 1. The van der Waals surface area contributed by atoms with Crippen molar-refractivity contribution < 1.29 is 9.18 Å². The molecular formula is C6H6FN3O. The van der Waals surface area contributed by atoms with E-state index in [0.29, 0.717) is 0 Å². The fraction of sp³-hybridized carbons (Fsp3) is 0. The predicted octanol–water partition coefficient (Wildman–Crippen LogP) is -0.0982. The molecule has 1 aromatic rings. The summed E-state index contributed by atoms with van der Waals surface area (Å²) in [7, 11) is 0. The first-order valence-electron chi connectivity index (χ1n) is 2.82. The zero-order valence-electron chi connectivity index (χ0n) is 5.54. The molecule has 5 heteroatoms. The zero-order chi connectivity index (χ0) is 8.43. The minimum atomic E-state index is -0.831. The molecule has 4 N–H and O–H groups in total. The van der Waals surface area contributed by atoms with Crippen molar-refractivity contribution in [2.24, 2.45) is 5.73 Å². The first-order chi connectivity index (χ1) is 5.13. The molecule has 0 saturated carbocycles. The molecule has 0 atom stereocenters. The number of primary amides is 1. The van der Waals surface area contributed by atoms with Gasteiger partial charge in [-0.05, 0) is 6.07 Å². The van der Waals surface area contributed by atoms with Gasteiger partial charge in [-0.25, -0.2) is 9.37 Å². The Bertz CT molecular complexity index is 300. The van der Waals surface area contributed by atoms with Crippen molar-refractivity contribution >= 4 is 11.6 Å². The molecule has 0 aromatic carbocycles. The summed E-state index contributed by atoms with van der Waals surface area (Å²) >= 11 is 0. The molecule has 1 rings (SSSR count). The van der Waals surface area contributed by atoms with Crippen molar-refractivity contribution in [3.05, 3.63) is 23.8 Å². The van der Waals surface area contributed by atoms with E-state index in [4.69, 9.17) is 11.5 Å². The Morgan fingerprint density at radius 1 is 1.64 bits per heavy atom. The number of anilines is 1. The third-order valence-electron chi connectivity index (χ3n) is 1.17. The number of nitrogen functional groups attached to an aromatic ring is 1. The Kier molecular flexibility index (Phi) is 1.72. The molecule has 0 radical (unpaired) electrons. The van der Waals surface area contributed by atoms with Gasteiger partial charge in [-0.1, -0.05) is 0 Å². The molecule has 1 amide bonds. The second-order valence-electron chi connectivity index (χ2n) is 1.92. The smallest absolute Gasteiger partial charge is 0.269 e. The Balaban J connectivity index is 3.27. The molecule has 4 nitrogen and oxygen atoms in total. The van der Waals surface area contributed by atoms with Gasteiger partial charge in [0, 0.05) is 6.20 Å². The lowest BCUT2D eigenvalue weighted by molar-refractivity contribution is 0.0996. The standard InChI is InChI=1S/C6H6FN3O/c7-3-1-2-10-5(4(3)8)6(9)11/h1-2H,8H2,(H2,9,11). The van der Waals surface area contributed by atoms with E-state index in [1.807, 2.05) is 0 Å². The third-order valence-corrected chi connectivity index (χ3v) is 1.17. The van der Waals surface area contributed by atoms with Gasteiger partial charge in [-0.15, -0.1) is 0 Å². The summed E-state index contributed by atoms with van der Waals surface area (Å²) in [6.45, 7) is 0. The van der Waals surface area contributed by atoms with Gasteiger partial charge in [0.25, 0.3) is 5.91 Å². The van der Waals surface area contributed by atoms with Gasteiger partial charge < -0.3 is 11.5 Å². The van der Waals surface area contributed by atoms with E-state index in [0.717, 1.165) is 12.3 Å². The summed E-state index contributed by atoms with van der Waals surface area (Å²) < 4.78 is 12.6. The van der Waals surface area contributed by atoms with E-state index >= 15 is 0 Å². The lowest BCUT2D eigenvalue weighted by Gasteiger charge is -1.99. The molecule has 1 aromatic heterocycles. The fourth-order valence-electron chi connectivity index (χ4n) is 0.646. The van der Waals surface area contributed by atoms with Gasteiger partial charge in [-0.3, -0.25) is 4.79 Å². The average Bonchev–Trinajstić information content (AvgIpc) is 1.94. The lowest BCUT2D eigenvalue weighted by Crippen LogP contribution is -2.16. The zero-order valence-corrected chi connectivity index (χ0v) is 5.54. The summed E-state index contributed by atoms with van der Waals surface area (Å²) in [5.41, 5.74) is 9.44. The van der Waals surface area contributed by atoms with Crippen LogP contribution in [0.4, 0.5) is 10.1 Å². The highest BCUT2D eigenvalue weighted by atomic mass is 19.1. The van der Waals surface area contributed by atoms with Gasteiger partial charge in [0.2, 0.25) is 0 Å². The van der Waals surface area contributed by atoms with Gasteiger partial charge in [-0.2, -0.15) is 0 Å². The van der Waals surface area contributed by atoms with Crippen LogP contribution in [-0.2, 0) is 0 Å². The Labute approximate surface area is 62.0 Å². The van der Waals surface area contributed by atoms with Crippen molar-refractivity contribution in [2.45, 2.75) is 0 Å². The largest absolute Gasteiger partial charge is 0.394 e. The molecule has 0 aliphatic heterocycles. The third kappa shape index (κ3) is 1.26. The topological polar surface area (TPSA) is 82.0 Å². The van der Waals surface area contributed by atoms with Gasteiger partial charge >= 0.3 is 0 Å². The van der Waals surface area contributed by atoms with Crippen LogP contribution in [0.5, 0.6) is 0 Å². The Hall–Kier alpha value is -1.65. The molecule has 0 bridgehead atoms. The van der Waals surface area contributed by atoms with Gasteiger partial charge in [0.1, 0.15) is 5.82 Å². The molecule has 0 aliphatic rings. The van der Waals surface area contributed by atoms with Crippen molar-refractivity contribution in [2.75, 3.05) is 5.73 Å². The molecule has 11 heavy (non-hydrogen) atoms. The first kappa shape index (κ1) is 7.46. The van der Waals surface area contributed by atoms with E-state index in [1.165, 1.54) is 0 Å². The SMILES string of the molecule is NC(=O)c1nccc(F)c1N. The highest BCUT2D eigenvalue weighted by molar-refractivity contribution is 5.95. The summed E-state index contributed by atoms with van der Waals surface area (Å²) in [5, 5.41) is 0. The van der Waals surface area contributed by atoms with Crippen LogP contribution in [0, 0.1) is 5.82 Å². The van der Waals surface area contributed by atoms with Crippen LogP contribution >= 0.6 is 0 Å². The molecular weight excluding hydrogens is 149 g/mol. The number of rotatable bonds is 1. The quantitative estimate of drug-likeness (QED) is 0.594. The number of aromatic nitrogens is 1. The van der Waals surface area contributed by atoms with Crippen LogP contribution in [0.2, 0.25) is 0 Å². The number of pyridine rings is 1. The van der Waals surface area contributed by atoms with Crippen LogP contribution < -0.4 is 11.5 Å². The van der Waals surface area contributed by atoms with Crippen LogP contribution in [0.3, 0.4) is 0 Å². The lowest BCUT2D eigenvalue weighted by atomic mass is 10.3. The molecule has 0 unspecified atom stereocenters. The first-order valence-corrected chi connectivity index (χ1v) is 2.82. The number of carbonyl (C=O) groups excluding carboxylic acids is 1. The number of nitrogens with two attached hydrogens (primary N) is 2. The molecule has 0 aliphatic carbocycles. The summed E-state index contributed by atoms with van der Waals surface area (Å²) in [5.74, 6) is -1.52. The van der Waals surface area contributed by atoms with Crippen LogP contribution in [0.25, 0.3) is 0 Å². The molecule has 0 saturated heterocycles. The number of amides is 1. The summed E-state index contributed by atoms with van der Waals surface area (Å²) in [6, 6.07) is 1.06. The average molecular weight is 155 g/mol.